The summed E-state index contributed by atoms with van der Waals surface area (Å²) in [7, 11) is -3.97. The van der Waals surface area contributed by atoms with Gasteiger partial charge in [-0.3, -0.25) is 4.55 Å². The molecule has 0 saturated carbocycles. The fourth-order valence-electron chi connectivity index (χ4n) is 2.87. The maximum atomic E-state index is 11.0. The smallest absolute Gasteiger partial charge is 0.344 e. The van der Waals surface area contributed by atoms with Crippen molar-refractivity contribution in [2.45, 2.75) is 19.9 Å². The summed E-state index contributed by atoms with van der Waals surface area (Å²) in [6.45, 7) is 2.29. The molecule has 25 heavy (non-hydrogen) atoms. The lowest BCUT2D eigenvalue weighted by molar-refractivity contribution is -0.695. The van der Waals surface area contributed by atoms with Crippen LogP contribution in [0.3, 0.4) is 0 Å². The van der Waals surface area contributed by atoms with Crippen LogP contribution in [-0.2, 0) is 16.7 Å². The van der Waals surface area contributed by atoms with Crippen LogP contribution < -0.4 is 4.57 Å². The van der Waals surface area contributed by atoms with Crippen LogP contribution in [0.5, 0.6) is 0 Å². The van der Waals surface area contributed by atoms with Gasteiger partial charge in [-0.2, -0.15) is 13.0 Å². The number of hydrogen-bond acceptors (Lipinski definition) is 3. The Bertz CT molecular complexity index is 948. The fraction of sp³-hybridized carbons (Fsp3) is 0.211. The lowest BCUT2D eigenvalue weighted by atomic mass is 10.1. The minimum absolute atomic E-state index is 0.278. The molecule has 3 aromatic rings. The van der Waals surface area contributed by atoms with Crippen LogP contribution in [-0.4, -0.2) is 18.7 Å². The average molecular weight is 358 g/mol. The molecule has 3 rings (SSSR count). The van der Waals surface area contributed by atoms with Gasteiger partial charge in [-0.05, 0) is 12.1 Å². The molecule has 0 saturated heterocycles. The Morgan fingerprint density at radius 3 is 2.08 bits per heavy atom. The largest absolute Gasteiger partial charge is 0.401 e. The first-order valence-corrected chi connectivity index (χ1v) is 9.66. The average Bonchev–Trinajstić information content (AvgIpc) is 2.92. The van der Waals surface area contributed by atoms with E-state index in [4.69, 9.17) is 8.97 Å². The fourth-order valence-corrected chi connectivity index (χ4v) is 3.37. The van der Waals surface area contributed by atoms with Gasteiger partial charge in [-0.1, -0.05) is 48.5 Å². The zero-order valence-corrected chi connectivity index (χ0v) is 14.7. The van der Waals surface area contributed by atoms with Gasteiger partial charge < -0.3 is 4.42 Å². The van der Waals surface area contributed by atoms with E-state index in [1.807, 2.05) is 72.2 Å². The summed E-state index contributed by atoms with van der Waals surface area (Å²) in [6, 6.07) is 19.6. The molecule has 0 bridgehead atoms. The number of nitrogens with zero attached hydrogens (tertiary/aromatic N) is 1. The summed E-state index contributed by atoms with van der Waals surface area (Å²) >= 11 is 0. The standard InChI is InChI=1S/C19H19NO4S/c1-15-20(13-8-14-25(21,22)23)18(16-9-4-2-5-10-16)19(24-15)17-11-6-3-7-12-17/h2-7,9-12H,8,13-14H2,1H3/p+1. The van der Waals surface area contributed by atoms with Crippen molar-refractivity contribution in [3.05, 3.63) is 66.6 Å². The monoisotopic (exact) mass is 358 g/mol. The van der Waals surface area contributed by atoms with Gasteiger partial charge in [0.05, 0.1) is 18.2 Å². The first-order valence-electron chi connectivity index (χ1n) is 8.05. The first-order chi connectivity index (χ1) is 12.0. The molecule has 1 N–H and O–H groups in total. The number of oxazole rings is 1. The van der Waals surface area contributed by atoms with Crippen LogP contribution in [0.4, 0.5) is 0 Å². The number of rotatable bonds is 6. The van der Waals surface area contributed by atoms with E-state index < -0.39 is 10.1 Å². The molecule has 0 unspecified atom stereocenters. The Balaban J connectivity index is 2.07. The predicted octanol–water partition coefficient (Wildman–Crippen LogP) is 3.49. The molecule has 6 heteroatoms. The molecule has 5 nitrogen and oxygen atoms in total. The Hall–Kier alpha value is -2.44. The molecular weight excluding hydrogens is 338 g/mol. The van der Waals surface area contributed by atoms with Crippen LogP contribution >= 0.6 is 0 Å². The number of hydrogen-bond donors (Lipinski definition) is 1. The van der Waals surface area contributed by atoms with E-state index in [0.717, 1.165) is 22.6 Å². The molecule has 0 aliphatic heterocycles. The number of aryl methyl sites for hydroxylation is 1. The second-order valence-electron chi connectivity index (χ2n) is 5.82. The van der Waals surface area contributed by atoms with Crippen LogP contribution in [0.1, 0.15) is 12.3 Å². The number of aromatic nitrogens is 1. The third-order valence-corrected chi connectivity index (χ3v) is 4.79. The Morgan fingerprint density at radius 1 is 0.960 bits per heavy atom. The minimum atomic E-state index is -3.97. The van der Waals surface area contributed by atoms with Crippen molar-refractivity contribution in [2.75, 3.05) is 5.75 Å². The molecule has 1 aromatic heterocycles. The summed E-state index contributed by atoms with van der Waals surface area (Å²) in [5.41, 5.74) is 2.85. The van der Waals surface area contributed by atoms with E-state index in [1.165, 1.54) is 0 Å². The zero-order chi connectivity index (χ0) is 17.9. The first kappa shape index (κ1) is 17.4. The normalized spacial score (nSPS) is 11.6. The third kappa shape index (κ3) is 4.15. The van der Waals surface area contributed by atoms with Crippen molar-refractivity contribution in [1.82, 2.24) is 0 Å². The van der Waals surface area contributed by atoms with Crippen LogP contribution in [0, 0.1) is 6.92 Å². The minimum Gasteiger partial charge on any atom is -0.401 e. The second kappa shape index (κ2) is 7.21. The lowest BCUT2D eigenvalue weighted by Crippen LogP contribution is -2.37. The Kier molecular flexibility index (Phi) is 5.01. The quantitative estimate of drug-likeness (QED) is 0.541. The highest BCUT2D eigenvalue weighted by Gasteiger charge is 2.28. The highest BCUT2D eigenvalue weighted by Crippen LogP contribution is 2.31. The van der Waals surface area contributed by atoms with E-state index >= 15 is 0 Å². The molecule has 2 aromatic carbocycles. The lowest BCUT2D eigenvalue weighted by Gasteiger charge is -2.01. The SMILES string of the molecule is Cc1oc(-c2ccccc2)c(-c2ccccc2)[n+]1CCCS(=O)(=O)O. The molecule has 0 radical (unpaired) electrons. The summed E-state index contributed by atoms with van der Waals surface area (Å²) < 4.78 is 39.0. The van der Waals surface area contributed by atoms with Crippen molar-refractivity contribution in [2.24, 2.45) is 0 Å². The van der Waals surface area contributed by atoms with E-state index in [-0.39, 0.29) is 5.75 Å². The maximum absolute atomic E-state index is 11.0. The molecule has 0 fully saturated rings. The van der Waals surface area contributed by atoms with Crippen molar-refractivity contribution >= 4 is 10.1 Å². The molecule has 0 amide bonds. The molecular formula is C19H20NO4S+. The summed E-state index contributed by atoms with van der Waals surface area (Å²) in [4.78, 5) is 0. The molecule has 0 aliphatic rings. The van der Waals surface area contributed by atoms with Gasteiger partial charge in [0.2, 0.25) is 5.76 Å². The topological polar surface area (TPSA) is 71.4 Å². The van der Waals surface area contributed by atoms with Crippen LogP contribution in [0.2, 0.25) is 0 Å². The Morgan fingerprint density at radius 2 is 1.52 bits per heavy atom. The summed E-state index contributed by atoms with van der Waals surface area (Å²) in [5, 5.41) is 0. The summed E-state index contributed by atoms with van der Waals surface area (Å²) in [6.07, 6.45) is 0.304. The third-order valence-electron chi connectivity index (χ3n) is 3.98. The van der Waals surface area contributed by atoms with E-state index in [1.54, 1.807) is 0 Å². The van der Waals surface area contributed by atoms with Gasteiger partial charge in [0.15, 0.2) is 6.54 Å². The van der Waals surface area contributed by atoms with Gasteiger partial charge in [-0.25, -0.2) is 0 Å². The van der Waals surface area contributed by atoms with E-state index in [9.17, 15) is 8.42 Å². The highest BCUT2D eigenvalue weighted by atomic mass is 32.2. The Labute approximate surface area is 147 Å². The molecule has 1 heterocycles. The van der Waals surface area contributed by atoms with Gasteiger partial charge in [0.25, 0.3) is 15.8 Å². The maximum Gasteiger partial charge on any atom is 0.344 e. The van der Waals surface area contributed by atoms with Crippen molar-refractivity contribution in [3.8, 4) is 22.6 Å². The van der Waals surface area contributed by atoms with Crippen molar-refractivity contribution in [1.29, 1.82) is 0 Å². The van der Waals surface area contributed by atoms with Gasteiger partial charge in [0, 0.05) is 12.0 Å². The van der Waals surface area contributed by atoms with Gasteiger partial charge in [-0.15, -0.1) is 0 Å². The van der Waals surface area contributed by atoms with Crippen LogP contribution in [0.25, 0.3) is 22.6 Å². The van der Waals surface area contributed by atoms with E-state index in [2.05, 4.69) is 0 Å². The highest BCUT2D eigenvalue weighted by molar-refractivity contribution is 7.85. The number of benzene rings is 2. The molecule has 0 atom stereocenters. The van der Waals surface area contributed by atoms with Gasteiger partial charge in [0.1, 0.15) is 0 Å². The van der Waals surface area contributed by atoms with Crippen molar-refractivity contribution in [3.63, 3.8) is 0 Å². The van der Waals surface area contributed by atoms with Gasteiger partial charge >= 0.3 is 5.89 Å². The predicted molar refractivity (Wildman–Crippen MR) is 95.5 cm³/mol. The summed E-state index contributed by atoms with van der Waals surface area (Å²) in [5.74, 6) is 1.16. The second-order valence-corrected chi connectivity index (χ2v) is 7.39. The molecule has 0 aliphatic carbocycles. The van der Waals surface area contributed by atoms with Crippen LogP contribution in [0.15, 0.2) is 65.1 Å². The van der Waals surface area contributed by atoms with E-state index in [0.29, 0.717) is 18.9 Å². The van der Waals surface area contributed by atoms with Crippen molar-refractivity contribution < 1.29 is 22.0 Å². The molecule has 130 valence electrons. The molecule has 0 spiro atoms. The zero-order valence-electron chi connectivity index (χ0n) is 13.9.